The maximum atomic E-state index is 11.8. The molecule has 2 rings (SSSR count). The number of aryl methyl sites for hydroxylation is 1. The van der Waals surface area contributed by atoms with Crippen LogP contribution in [0.2, 0.25) is 0 Å². The van der Waals surface area contributed by atoms with Crippen LogP contribution in [-0.2, 0) is 9.59 Å². The fourth-order valence-electron chi connectivity index (χ4n) is 1.91. The maximum absolute atomic E-state index is 11.8. The highest BCUT2D eigenvalue weighted by Crippen LogP contribution is 2.13. The molecule has 128 valence electrons. The van der Waals surface area contributed by atoms with Crippen LogP contribution in [0.5, 0.6) is 5.75 Å². The molecule has 0 spiro atoms. The number of nitrogens with zero attached hydrogens (tertiary/aromatic N) is 1. The van der Waals surface area contributed by atoms with Gasteiger partial charge < -0.3 is 10.1 Å². The summed E-state index contributed by atoms with van der Waals surface area (Å²) >= 11 is 0. The number of carbonyl (C=O) groups excluding carboxylic acids is 2. The Balaban J connectivity index is 1.86. The van der Waals surface area contributed by atoms with Crippen molar-refractivity contribution in [1.29, 1.82) is 0 Å². The van der Waals surface area contributed by atoms with E-state index in [4.69, 9.17) is 4.74 Å². The summed E-state index contributed by atoms with van der Waals surface area (Å²) in [7, 11) is 0. The van der Waals surface area contributed by atoms with E-state index >= 15 is 0 Å². The third-order valence-corrected chi connectivity index (χ3v) is 3.23. The predicted octanol–water partition coefficient (Wildman–Crippen LogP) is 2.65. The van der Waals surface area contributed by atoms with Gasteiger partial charge in [-0.2, -0.15) is 5.10 Å². The summed E-state index contributed by atoms with van der Waals surface area (Å²) in [5, 5.41) is 6.31. The van der Waals surface area contributed by atoms with Gasteiger partial charge in [0, 0.05) is 5.69 Å². The van der Waals surface area contributed by atoms with Crippen molar-refractivity contribution in [1.82, 2.24) is 5.43 Å². The zero-order valence-electron chi connectivity index (χ0n) is 13.9. The average Bonchev–Trinajstić information content (AvgIpc) is 2.62. The van der Waals surface area contributed by atoms with Crippen molar-refractivity contribution in [3.8, 4) is 5.75 Å². The van der Waals surface area contributed by atoms with Gasteiger partial charge in [0.15, 0.2) is 0 Å². The summed E-state index contributed by atoms with van der Waals surface area (Å²) < 4.78 is 5.37. The van der Waals surface area contributed by atoms with Gasteiger partial charge in [-0.1, -0.05) is 30.9 Å². The third-order valence-electron chi connectivity index (χ3n) is 3.23. The molecule has 2 aromatic rings. The number of anilines is 1. The molecule has 0 bridgehead atoms. The van der Waals surface area contributed by atoms with Gasteiger partial charge in [0.25, 0.3) is 0 Å². The van der Waals surface area contributed by atoms with Crippen molar-refractivity contribution in [2.24, 2.45) is 5.10 Å². The van der Waals surface area contributed by atoms with Crippen molar-refractivity contribution in [2.45, 2.75) is 6.92 Å². The Morgan fingerprint density at radius 1 is 1.12 bits per heavy atom. The number of para-hydroxylation sites is 1. The molecule has 2 amide bonds. The van der Waals surface area contributed by atoms with Crippen LogP contribution in [0, 0.1) is 6.92 Å². The van der Waals surface area contributed by atoms with E-state index < -0.39 is 11.8 Å². The topological polar surface area (TPSA) is 79.8 Å². The Hall–Kier alpha value is -3.41. The minimum absolute atomic E-state index is 0.430. The van der Waals surface area contributed by atoms with Gasteiger partial charge in [-0.05, 0) is 48.4 Å². The Kier molecular flexibility index (Phi) is 6.47. The van der Waals surface area contributed by atoms with Gasteiger partial charge in [0.1, 0.15) is 12.4 Å². The quantitative estimate of drug-likeness (QED) is 0.368. The molecule has 0 atom stereocenters. The van der Waals surface area contributed by atoms with Crippen LogP contribution in [0.15, 0.2) is 66.3 Å². The molecule has 0 aromatic heterocycles. The largest absolute Gasteiger partial charge is 0.490 e. The normalized spacial score (nSPS) is 10.3. The molecule has 0 heterocycles. The third kappa shape index (κ3) is 5.62. The summed E-state index contributed by atoms with van der Waals surface area (Å²) in [6.07, 6.45) is 3.10. The summed E-state index contributed by atoms with van der Waals surface area (Å²) in [5.74, 6) is -0.913. The number of benzene rings is 2. The number of amides is 2. The van der Waals surface area contributed by atoms with E-state index in [1.165, 1.54) is 6.21 Å². The molecule has 0 saturated carbocycles. The highest BCUT2D eigenvalue weighted by molar-refractivity contribution is 6.39. The molecule has 0 radical (unpaired) electrons. The van der Waals surface area contributed by atoms with Crippen molar-refractivity contribution >= 4 is 23.7 Å². The van der Waals surface area contributed by atoms with Crippen LogP contribution in [0.4, 0.5) is 5.69 Å². The van der Waals surface area contributed by atoms with Crippen molar-refractivity contribution in [3.05, 3.63) is 72.3 Å². The molecular formula is C19H19N3O3. The number of carbonyl (C=O) groups is 2. The monoisotopic (exact) mass is 337 g/mol. The maximum Gasteiger partial charge on any atom is 0.329 e. The first-order valence-corrected chi connectivity index (χ1v) is 7.64. The molecule has 0 aliphatic rings. The summed E-state index contributed by atoms with van der Waals surface area (Å²) in [4.78, 5) is 23.6. The van der Waals surface area contributed by atoms with E-state index in [-0.39, 0.29) is 0 Å². The van der Waals surface area contributed by atoms with Crippen LogP contribution in [-0.4, -0.2) is 24.6 Å². The summed E-state index contributed by atoms with van der Waals surface area (Å²) in [5.41, 5.74) is 4.40. The number of ether oxygens (including phenoxy) is 1. The Labute approximate surface area is 146 Å². The van der Waals surface area contributed by atoms with Gasteiger partial charge in [-0.15, -0.1) is 0 Å². The second kappa shape index (κ2) is 9.02. The predicted molar refractivity (Wildman–Crippen MR) is 97.7 cm³/mol. The van der Waals surface area contributed by atoms with Gasteiger partial charge >= 0.3 is 11.8 Å². The minimum atomic E-state index is -0.842. The first-order chi connectivity index (χ1) is 12.1. The summed E-state index contributed by atoms with van der Waals surface area (Å²) in [6, 6.07) is 14.3. The van der Waals surface area contributed by atoms with E-state index in [0.717, 1.165) is 11.1 Å². The van der Waals surface area contributed by atoms with Gasteiger partial charge in [-0.3, -0.25) is 9.59 Å². The number of hydrogen-bond acceptors (Lipinski definition) is 4. The van der Waals surface area contributed by atoms with Gasteiger partial charge in [0.05, 0.1) is 6.21 Å². The van der Waals surface area contributed by atoms with Crippen molar-refractivity contribution in [3.63, 3.8) is 0 Å². The Bertz CT molecular complexity index is 783. The molecule has 2 N–H and O–H groups in total. The molecule has 6 heteroatoms. The highest BCUT2D eigenvalue weighted by atomic mass is 16.5. The van der Waals surface area contributed by atoms with E-state index in [2.05, 4.69) is 22.4 Å². The molecule has 0 fully saturated rings. The smallest absolute Gasteiger partial charge is 0.329 e. The lowest BCUT2D eigenvalue weighted by Gasteiger charge is -2.06. The van der Waals surface area contributed by atoms with Gasteiger partial charge in [-0.25, -0.2) is 5.43 Å². The van der Waals surface area contributed by atoms with Crippen LogP contribution in [0.25, 0.3) is 0 Å². The van der Waals surface area contributed by atoms with E-state index in [1.807, 2.05) is 19.1 Å². The molecule has 25 heavy (non-hydrogen) atoms. The lowest BCUT2D eigenvalue weighted by molar-refractivity contribution is -0.136. The zero-order valence-corrected chi connectivity index (χ0v) is 13.9. The van der Waals surface area contributed by atoms with E-state index in [0.29, 0.717) is 18.0 Å². The molecule has 0 aliphatic heterocycles. The molecule has 6 nitrogen and oxygen atoms in total. The van der Waals surface area contributed by atoms with Crippen LogP contribution >= 0.6 is 0 Å². The molecular weight excluding hydrogens is 318 g/mol. The second-order valence-corrected chi connectivity index (χ2v) is 5.14. The fraction of sp³-hybridized carbons (Fsp3) is 0.105. The van der Waals surface area contributed by atoms with Crippen LogP contribution in [0.1, 0.15) is 11.1 Å². The molecule has 0 aliphatic carbocycles. The highest BCUT2D eigenvalue weighted by Gasteiger charge is 2.13. The van der Waals surface area contributed by atoms with Crippen molar-refractivity contribution < 1.29 is 14.3 Å². The first-order valence-electron chi connectivity index (χ1n) is 7.64. The fourth-order valence-corrected chi connectivity index (χ4v) is 1.91. The SMILES string of the molecule is C=CCOc1ccc(/C=N\NC(=O)C(=O)Nc2ccccc2C)cc1. The van der Waals surface area contributed by atoms with Gasteiger partial charge in [0.2, 0.25) is 0 Å². The number of nitrogens with one attached hydrogen (secondary N) is 2. The van der Waals surface area contributed by atoms with E-state index in [1.54, 1.807) is 42.5 Å². The lowest BCUT2D eigenvalue weighted by Crippen LogP contribution is -2.32. The number of hydrazone groups is 1. The van der Waals surface area contributed by atoms with Crippen molar-refractivity contribution in [2.75, 3.05) is 11.9 Å². The Morgan fingerprint density at radius 3 is 2.52 bits per heavy atom. The second-order valence-electron chi connectivity index (χ2n) is 5.14. The number of rotatable bonds is 6. The molecule has 0 unspecified atom stereocenters. The summed E-state index contributed by atoms with van der Waals surface area (Å²) in [6.45, 7) is 5.85. The average molecular weight is 337 g/mol. The van der Waals surface area contributed by atoms with Crippen LogP contribution in [0.3, 0.4) is 0 Å². The minimum Gasteiger partial charge on any atom is -0.490 e. The Morgan fingerprint density at radius 2 is 1.84 bits per heavy atom. The lowest BCUT2D eigenvalue weighted by atomic mass is 10.2. The zero-order chi connectivity index (χ0) is 18.1. The number of hydrogen-bond donors (Lipinski definition) is 2. The molecule has 2 aromatic carbocycles. The van der Waals surface area contributed by atoms with Crippen LogP contribution < -0.4 is 15.5 Å². The van der Waals surface area contributed by atoms with E-state index in [9.17, 15) is 9.59 Å². The first kappa shape index (κ1) is 17.9. The standard InChI is InChI=1S/C19H19N3O3/c1-3-12-25-16-10-8-15(9-11-16)13-20-22-19(24)18(23)21-17-7-5-4-6-14(17)2/h3-11,13H,1,12H2,2H3,(H,21,23)(H,22,24)/b20-13-. The molecule has 0 saturated heterocycles.